The Labute approximate surface area is 199 Å². The Morgan fingerprint density at radius 3 is 2.81 bits per heavy atom. The molecular formula is C22H22BrN3O3S2. The van der Waals surface area contributed by atoms with Gasteiger partial charge in [0.15, 0.2) is 10.2 Å². The van der Waals surface area contributed by atoms with Gasteiger partial charge in [0.25, 0.3) is 5.91 Å². The Morgan fingerprint density at radius 1 is 1.29 bits per heavy atom. The highest BCUT2D eigenvalue weighted by atomic mass is 79.9. The maximum Gasteiger partial charge on any atom is 0.257 e. The monoisotopic (exact) mass is 519 g/mol. The summed E-state index contributed by atoms with van der Waals surface area (Å²) in [6.07, 6.45) is 0.958. The summed E-state index contributed by atoms with van der Waals surface area (Å²) in [5.74, 6) is 1.08. The van der Waals surface area contributed by atoms with E-state index in [0.29, 0.717) is 16.4 Å². The maximum atomic E-state index is 12.5. The molecule has 0 fully saturated rings. The molecule has 0 saturated carbocycles. The van der Waals surface area contributed by atoms with Crippen LogP contribution < -0.4 is 20.1 Å². The van der Waals surface area contributed by atoms with Crippen molar-refractivity contribution >= 4 is 55.6 Å². The molecule has 1 atom stereocenters. The van der Waals surface area contributed by atoms with E-state index in [0.717, 1.165) is 27.9 Å². The van der Waals surface area contributed by atoms with E-state index in [4.69, 9.17) is 21.7 Å². The smallest absolute Gasteiger partial charge is 0.257 e. The average molecular weight is 520 g/mol. The van der Waals surface area contributed by atoms with Crippen LogP contribution in [0, 0.1) is 0 Å². The normalized spacial score (nSPS) is 11.5. The minimum atomic E-state index is -0.317. The summed E-state index contributed by atoms with van der Waals surface area (Å²) in [7, 11) is 1.62. The molecule has 1 heterocycles. The number of nitrogens with zero attached hydrogens (tertiary/aromatic N) is 1. The number of halogens is 1. The molecule has 0 aliphatic heterocycles. The van der Waals surface area contributed by atoms with Crippen LogP contribution in [-0.2, 0) is 0 Å². The third-order valence-electron chi connectivity index (χ3n) is 4.41. The molecule has 3 rings (SSSR count). The van der Waals surface area contributed by atoms with Crippen molar-refractivity contribution in [1.82, 2.24) is 10.3 Å². The van der Waals surface area contributed by atoms with Gasteiger partial charge in [0, 0.05) is 16.5 Å². The molecule has 0 aliphatic rings. The van der Waals surface area contributed by atoms with Gasteiger partial charge in [0.2, 0.25) is 0 Å². The van der Waals surface area contributed by atoms with Gasteiger partial charge >= 0.3 is 0 Å². The second kappa shape index (κ2) is 10.7. The molecule has 3 aromatic rings. The van der Waals surface area contributed by atoms with Gasteiger partial charge in [0.1, 0.15) is 11.5 Å². The molecule has 0 aliphatic carbocycles. The quantitative estimate of drug-likeness (QED) is 0.379. The number of carbonyl (C=O) groups excluding carboxylic acids is 1. The molecule has 0 spiro atoms. The molecule has 0 bridgehead atoms. The first-order chi connectivity index (χ1) is 14.9. The third kappa shape index (κ3) is 6.25. The topological polar surface area (TPSA) is 72.5 Å². The van der Waals surface area contributed by atoms with Crippen molar-refractivity contribution in [2.75, 3.05) is 12.4 Å². The second-order valence-electron chi connectivity index (χ2n) is 6.66. The Kier molecular flexibility index (Phi) is 8.00. The van der Waals surface area contributed by atoms with Crippen LogP contribution in [0.2, 0.25) is 0 Å². The molecule has 0 saturated heterocycles. The van der Waals surface area contributed by atoms with E-state index in [1.54, 1.807) is 25.3 Å². The minimum absolute atomic E-state index is 0.0754. The van der Waals surface area contributed by atoms with Gasteiger partial charge < -0.3 is 14.8 Å². The number of methoxy groups -OCH3 is 1. The standard InChI is InChI=1S/C22H22BrN3O3S2/c1-4-13(2)29-16-7-5-6-15(10-16)20(27)25-21(30)26-22-24-18(12-31-22)14-8-9-19(28-3)17(23)11-14/h5-13H,4H2,1-3H3,(H2,24,25,26,27,30)/t13-/m0/s1. The number of thiocarbonyl (C=S) groups is 1. The first kappa shape index (κ1) is 23.2. The van der Waals surface area contributed by atoms with E-state index in [9.17, 15) is 4.79 Å². The van der Waals surface area contributed by atoms with Gasteiger partial charge in [-0.05, 0) is 77.9 Å². The maximum absolute atomic E-state index is 12.5. The number of hydrogen-bond acceptors (Lipinski definition) is 6. The lowest BCUT2D eigenvalue weighted by molar-refractivity contribution is 0.0977. The number of anilines is 1. The number of rotatable bonds is 7. The van der Waals surface area contributed by atoms with Crippen LogP contribution in [0.3, 0.4) is 0 Å². The molecule has 1 aromatic heterocycles. The van der Waals surface area contributed by atoms with Crippen molar-refractivity contribution in [3.8, 4) is 22.8 Å². The summed E-state index contributed by atoms with van der Waals surface area (Å²) in [5, 5.41) is 8.32. The third-order valence-corrected chi connectivity index (χ3v) is 5.99. The Bertz CT molecular complexity index is 1090. The molecule has 0 unspecified atom stereocenters. The number of carbonyl (C=O) groups is 1. The van der Waals surface area contributed by atoms with Crippen LogP contribution in [-0.4, -0.2) is 29.2 Å². The van der Waals surface area contributed by atoms with Gasteiger partial charge in [0.05, 0.1) is 23.4 Å². The van der Waals surface area contributed by atoms with Crippen molar-refractivity contribution in [3.05, 3.63) is 57.9 Å². The number of aromatic nitrogens is 1. The van der Waals surface area contributed by atoms with Crippen LogP contribution in [0.5, 0.6) is 11.5 Å². The number of nitrogens with one attached hydrogen (secondary N) is 2. The largest absolute Gasteiger partial charge is 0.496 e. The first-order valence-corrected chi connectivity index (χ1v) is 11.7. The lowest BCUT2D eigenvalue weighted by Crippen LogP contribution is -2.34. The van der Waals surface area contributed by atoms with Crippen molar-refractivity contribution in [2.24, 2.45) is 0 Å². The van der Waals surface area contributed by atoms with Crippen LogP contribution in [0.25, 0.3) is 11.3 Å². The highest BCUT2D eigenvalue weighted by molar-refractivity contribution is 9.10. The summed E-state index contributed by atoms with van der Waals surface area (Å²) in [6.45, 7) is 4.03. The lowest BCUT2D eigenvalue weighted by atomic mass is 10.2. The summed E-state index contributed by atoms with van der Waals surface area (Å²) in [5.41, 5.74) is 2.19. The Hall–Kier alpha value is -2.49. The number of benzene rings is 2. The molecule has 2 aromatic carbocycles. The highest BCUT2D eigenvalue weighted by Gasteiger charge is 2.12. The SMILES string of the molecule is CC[C@H](C)Oc1cccc(C(=O)NC(=S)Nc2nc(-c3ccc(OC)c(Br)c3)cs2)c1. The number of thiazole rings is 1. The molecular weight excluding hydrogens is 498 g/mol. The minimum Gasteiger partial charge on any atom is -0.496 e. The fourth-order valence-corrected chi connectivity index (χ4v) is 4.14. The molecule has 6 nitrogen and oxygen atoms in total. The van der Waals surface area contributed by atoms with E-state index in [1.807, 2.05) is 43.5 Å². The van der Waals surface area contributed by atoms with Gasteiger partial charge in [-0.1, -0.05) is 13.0 Å². The van der Waals surface area contributed by atoms with Gasteiger partial charge in [-0.15, -0.1) is 11.3 Å². The van der Waals surface area contributed by atoms with E-state index in [2.05, 4.69) is 31.5 Å². The van der Waals surface area contributed by atoms with Crippen LogP contribution in [0.4, 0.5) is 5.13 Å². The number of amides is 1. The van der Waals surface area contributed by atoms with E-state index >= 15 is 0 Å². The summed E-state index contributed by atoms with van der Waals surface area (Å²) in [4.78, 5) is 17.1. The molecule has 0 radical (unpaired) electrons. The van der Waals surface area contributed by atoms with E-state index < -0.39 is 0 Å². The van der Waals surface area contributed by atoms with Gasteiger partial charge in [-0.25, -0.2) is 4.98 Å². The molecule has 162 valence electrons. The predicted octanol–water partition coefficient (Wildman–Crippen LogP) is 5.89. The van der Waals surface area contributed by atoms with Crippen LogP contribution >= 0.6 is 39.5 Å². The number of hydrogen-bond donors (Lipinski definition) is 2. The van der Waals surface area contributed by atoms with Crippen molar-refractivity contribution in [1.29, 1.82) is 0 Å². The van der Waals surface area contributed by atoms with Gasteiger partial charge in [-0.3, -0.25) is 10.1 Å². The Balaban J connectivity index is 1.62. The highest BCUT2D eigenvalue weighted by Crippen LogP contribution is 2.32. The van der Waals surface area contributed by atoms with Gasteiger partial charge in [-0.2, -0.15) is 0 Å². The Morgan fingerprint density at radius 2 is 2.10 bits per heavy atom. The summed E-state index contributed by atoms with van der Waals surface area (Å²) < 4.78 is 11.9. The predicted molar refractivity (Wildman–Crippen MR) is 132 cm³/mol. The lowest BCUT2D eigenvalue weighted by Gasteiger charge is -2.13. The van der Waals surface area contributed by atoms with Crippen LogP contribution in [0.15, 0.2) is 52.3 Å². The van der Waals surface area contributed by atoms with Crippen LogP contribution in [0.1, 0.15) is 30.6 Å². The van der Waals surface area contributed by atoms with Crippen molar-refractivity contribution < 1.29 is 14.3 Å². The molecule has 1 amide bonds. The first-order valence-electron chi connectivity index (χ1n) is 9.58. The summed E-state index contributed by atoms with van der Waals surface area (Å²) >= 11 is 10.2. The fraction of sp³-hybridized carbons (Fsp3) is 0.227. The molecule has 31 heavy (non-hydrogen) atoms. The van der Waals surface area contributed by atoms with E-state index in [1.165, 1.54) is 11.3 Å². The zero-order valence-corrected chi connectivity index (χ0v) is 20.5. The molecule has 2 N–H and O–H groups in total. The zero-order chi connectivity index (χ0) is 22.4. The number of ether oxygens (including phenoxy) is 2. The molecule has 9 heteroatoms. The van der Waals surface area contributed by atoms with Crippen molar-refractivity contribution in [3.63, 3.8) is 0 Å². The second-order valence-corrected chi connectivity index (χ2v) is 8.78. The summed E-state index contributed by atoms with van der Waals surface area (Å²) in [6, 6.07) is 12.8. The fourth-order valence-electron chi connectivity index (χ4n) is 2.62. The zero-order valence-electron chi connectivity index (χ0n) is 17.3. The van der Waals surface area contributed by atoms with E-state index in [-0.39, 0.29) is 17.1 Å². The average Bonchev–Trinajstić information content (AvgIpc) is 3.22. The van der Waals surface area contributed by atoms with Crippen molar-refractivity contribution in [2.45, 2.75) is 26.4 Å².